The fourth-order valence-corrected chi connectivity index (χ4v) is 4.72. The minimum absolute atomic E-state index is 0.251. The van der Waals surface area contributed by atoms with Crippen molar-refractivity contribution < 1.29 is 9.53 Å². The zero-order chi connectivity index (χ0) is 26.2. The molecule has 0 radical (unpaired) electrons. The van der Waals surface area contributed by atoms with Gasteiger partial charge < -0.3 is 4.74 Å². The van der Waals surface area contributed by atoms with Gasteiger partial charge in [-0.25, -0.2) is 14.2 Å². The van der Waals surface area contributed by atoms with Crippen LogP contribution in [0.25, 0.3) is 38.4 Å². The van der Waals surface area contributed by atoms with E-state index in [9.17, 15) is 9.59 Å². The summed E-state index contributed by atoms with van der Waals surface area (Å²) < 4.78 is 8.56. The number of aryl methyl sites for hydroxylation is 1. The van der Waals surface area contributed by atoms with Gasteiger partial charge in [0.05, 0.1) is 16.6 Å². The fourth-order valence-electron chi connectivity index (χ4n) is 4.59. The zero-order valence-electron chi connectivity index (χ0n) is 20.4. The first-order valence-corrected chi connectivity index (χ1v) is 12.5. The third kappa shape index (κ3) is 4.14. The van der Waals surface area contributed by atoms with Gasteiger partial charge in [-0.3, -0.25) is 15.0 Å². The van der Waals surface area contributed by atoms with Gasteiger partial charge >= 0.3 is 0 Å². The summed E-state index contributed by atoms with van der Waals surface area (Å²) in [7, 11) is 0. The van der Waals surface area contributed by atoms with Crippen molar-refractivity contribution in [3.8, 4) is 16.9 Å². The van der Waals surface area contributed by atoms with Gasteiger partial charge in [-0.1, -0.05) is 67.1 Å². The van der Waals surface area contributed by atoms with Crippen molar-refractivity contribution in [1.82, 2.24) is 19.3 Å². The molecule has 6 aromatic rings. The van der Waals surface area contributed by atoms with Crippen LogP contribution in [0.15, 0.2) is 90.0 Å². The number of amides is 1. The van der Waals surface area contributed by atoms with Crippen LogP contribution in [0.5, 0.6) is 5.75 Å². The van der Waals surface area contributed by atoms with Crippen LogP contribution < -0.4 is 15.7 Å². The van der Waals surface area contributed by atoms with E-state index in [2.05, 4.69) is 10.4 Å². The number of benzene rings is 3. The van der Waals surface area contributed by atoms with Gasteiger partial charge in [0.2, 0.25) is 0 Å². The fraction of sp³-hybridized carbons (Fsp3) is 0.103. The van der Waals surface area contributed by atoms with E-state index in [1.165, 1.54) is 12.4 Å². The molecule has 0 unspecified atom stereocenters. The van der Waals surface area contributed by atoms with Crippen LogP contribution in [0.3, 0.4) is 0 Å². The Labute approximate surface area is 222 Å². The molecule has 0 atom stereocenters. The highest BCUT2D eigenvalue weighted by Gasteiger charge is 2.18. The maximum atomic E-state index is 13.2. The quantitative estimate of drug-likeness (QED) is 0.323. The van der Waals surface area contributed by atoms with Crippen molar-refractivity contribution in [3.63, 3.8) is 0 Å². The predicted molar refractivity (Wildman–Crippen MR) is 148 cm³/mol. The number of rotatable bonds is 6. The average Bonchev–Trinajstić information content (AvgIpc) is 3.33. The van der Waals surface area contributed by atoms with Crippen LogP contribution in [-0.4, -0.2) is 31.8 Å². The topological polar surface area (TPSA) is 90.5 Å². The Morgan fingerprint density at radius 3 is 2.61 bits per heavy atom. The molecule has 9 heteroatoms. The summed E-state index contributed by atoms with van der Waals surface area (Å²) in [6, 6.07) is 22.7. The van der Waals surface area contributed by atoms with Gasteiger partial charge in [0, 0.05) is 28.4 Å². The zero-order valence-corrected chi connectivity index (χ0v) is 21.1. The van der Waals surface area contributed by atoms with Gasteiger partial charge in [0.1, 0.15) is 5.75 Å². The van der Waals surface area contributed by atoms with Crippen LogP contribution in [-0.2, 0) is 11.2 Å². The lowest BCUT2D eigenvalue weighted by molar-refractivity contribution is -0.119. The first kappa shape index (κ1) is 23.7. The van der Waals surface area contributed by atoms with Crippen LogP contribution in [0, 0.1) is 0 Å². The number of hydrogen-bond acceptors (Lipinski definition) is 5. The van der Waals surface area contributed by atoms with Crippen LogP contribution in [0.1, 0.15) is 12.6 Å². The highest BCUT2D eigenvalue weighted by Crippen LogP contribution is 2.30. The smallest absolute Gasteiger partial charge is 0.280 e. The van der Waals surface area contributed by atoms with Gasteiger partial charge in [0.25, 0.3) is 11.5 Å². The first-order valence-electron chi connectivity index (χ1n) is 12.1. The van der Waals surface area contributed by atoms with Crippen molar-refractivity contribution in [2.75, 3.05) is 12.0 Å². The molecule has 0 bridgehead atoms. The second-order valence-corrected chi connectivity index (χ2v) is 9.20. The monoisotopic (exact) mass is 523 g/mol. The average molecular weight is 524 g/mol. The molecule has 38 heavy (non-hydrogen) atoms. The molecule has 1 amide bonds. The second-order valence-electron chi connectivity index (χ2n) is 8.77. The van der Waals surface area contributed by atoms with Crippen molar-refractivity contribution in [1.29, 1.82) is 0 Å². The van der Waals surface area contributed by atoms with Gasteiger partial charge in [0.15, 0.2) is 12.3 Å². The standard InChI is InChI=1S/C29H22ClN5O3/c1-2-23-27(19-10-12-20(30)13-11-19)28-31-16-22-24(35(28)32-23)14-15-34(29(22)37)33-26(36)17-38-25-9-5-7-18-6-3-4-8-21(18)25/h3-16H,2,17H2,1H3,(H,33,36). The van der Waals surface area contributed by atoms with Crippen LogP contribution in [0.4, 0.5) is 0 Å². The molecule has 0 aliphatic carbocycles. The molecule has 3 aromatic carbocycles. The third-order valence-electron chi connectivity index (χ3n) is 6.41. The Balaban J connectivity index is 1.30. The molecule has 0 aliphatic rings. The lowest BCUT2D eigenvalue weighted by Gasteiger charge is -2.12. The number of nitrogens with one attached hydrogen (secondary N) is 1. The Bertz CT molecular complexity index is 1890. The van der Waals surface area contributed by atoms with Gasteiger partial charge in [-0.05, 0) is 41.6 Å². The van der Waals surface area contributed by atoms with Crippen molar-refractivity contribution in [2.45, 2.75) is 13.3 Å². The van der Waals surface area contributed by atoms with E-state index in [1.807, 2.05) is 73.7 Å². The summed E-state index contributed by atoms with van der Waals surface area (Å²) >= 11 is 6.07. The number of hydrogen-bond donors (Lipinski definition) is 1. The second kappa shape index (κ2) is 9.64. The van der Waals surface area contributed by atoms with Crippen LogP contribution >= 0.6 is 11.6 Å². The molecular weight excluding hydrogens is 502 g/mol. The third-order valence-corrected chi connectivity index (χ3v) is 6.66. The number of fused-ring (bicyclic) bond motifs is 4. The number of ether oxygens (including phenoxy) is 1. The molecule has 0 fully saturated rings. The lowest BCUT2D eigenvalue weighted by Crippen LogP contribution is -2.35. The van der Waals surface area contributed by atoms with Crippen molar-refractivity contribution >= 4 is 44.8 Å². The van der Waals surface area contributed by atoms with Crippen LogP contribution in [0.2, 0.25) is 5.02 Å². The molecule has 0 aliphatic heterocycles. The maximum absolute atomic E-state index is 13.2. The minimum atomic E-state index is -0.467. The highest BCUT2D eigenvalue weighted by atomic mass is 35.5. The highest BCUT2D eigenvalue weighted by molar-refractivity contribution is 6.30. The first-order chi connectivity index (χ1) is 18.5. The molecule has 0 saturated carbocycles. The number of carbonyl (C=O) groups excluding carboxylic acids is 1. The summed E-state index contributed by atoms with van der Waals surface area (Å²) in [4.78, 5) is 30.5. The summed E-state index contributed by atoms with van der Waals surface area (Å²) in [5, 5.41) is 7.63. The van der Waals surface area contributed by atoms with Crippen molar-refractivity contribution in [2.24, 2.45) is 0 Å². The van der Waals surface area contributed by atoms with E-state index >= 15 is 0 Å². The van der Waals surface area contributed by atoms with E-state index < -0.39 is 11.5 Å². The number of nitrogens with zero attached hydrogens (tertiary/aromatic N) is 4. The molecule has 0 spiro atoms. The SMILES string of the molecule is CCc1nn2c(ncc3c(=O)n(NC(=O)COc4cccc5ccccc45)ccc32)c1-c1ccc(Cl)cc1. The molecule has 3 heterocycles. The van der Waals surface area contributed by atoms with E-state index in [0.717, 1.165) is 32.3 Å². The van der Waals surface area contributed by atoms with Crippen molar-refractivity contribution in [3.05, 3.63) is 106 Å². The van der Waals surface area contributed by atoms with E-state index in [1.54, 1.807) is 10.6 Å². The molecular formula is C29H22ClN5O3. The number of pyridine rings is 1. The van der Waals surface area contributed by atoms with E-state index in [4.69, 9.17) is 21.4 Å². The summed E-state index contributed by atoms with van der Waals surface area (Å²) in [6.07, 6.45) is 3.71. The maximum Gasteiger partial charge on any atom is 0.280 e. The van der Waals surface area contributed by atoms with Gasteiger partial charge in [-0.2, -0.15) is 5.10 Å². The molecule has 188 valence electrons. The number of halogens is 1. The summed E-state index contributed by atoms with van der Waals surface area (Å²) in [5.41, 5.74) is 6.11. The normalized spacial score (nSPS) is 11.3. The molecule has 0 saturated heterocycles. The van der Waals surface area contributed by atoms with E-state index in [-0.39, 0.29) is 6.61 Å². The Kier molecular flexibility index (Phi) is 6.01. The molecule has 3 aromatic heterocycles. The minimum Gasteiger partial charge on any atom is -0.483 e. The molecule has 6 rings (SSSR count). The lowest BCUT2D eigenvalue weighted by atomic mass is 10.0. The Morgan fingerprint density at radius 2 is 1.79 bits per heavy atom. The van der Waals surface area contributed by atoms with Gasteiger partial charge in [-0.15, -0.1) is 0 Å². The summed E-state index contributed by atoms with van der Waals surface area (Å²) in [6.45, 7) is 1.77. The molecule has 1 N–H and O–H groups in total. The largest absolute Gasteiger partial charge is 0.483 e. The number of carbonyl (C=O) groups is 1. The Hall–Kier alpha value is -4.69. The molecule has 8 nitrogen and oxygen atoms in total. The number of aromatic nitrogens is 4. The Morgan fingerprint density at radius 1 is 1.00 bits per heavy atom. The predicted octanol–water partition coefficient (Wildman–Crippen LogP) is 5.23. The van der Waals surface area contributed by atoms with E-state index in [0.29, 0.717) is 33.7 Å². The summed E-state index contributed by atoms with van der Waals surface area (Å²) in [5.74, 6) is 0.128.